The fourth-order valence-corrected chi connectivity index (χ4v) is 5.57. The quantitative estimate of drug-likeness (QED) is 0.426. The van der Waals surface area contributed by atoms with E-state index in [1.54, 1.807) is 19.1 Å². The molecular formula is C25H23NO6. The minimum absolute atomic E-state index is 0.0965. The van der Waals surface area contributed by atoms with Crippen LogP contribution in [0, 0.1) is 17.8 Å². The minimum atomic E-state index is -0.527. The summed E-state index contributed by atoms with van der Waals surface area (Å²) in [6, 6.07) is 7.24. The summed E-state index contributed by atoms with van der Waals surface area (Å²) >= 11 is 0. The molecule has 32 heavy (non-hydrogen) atoms. The largest absolute Gasteiger partial charge is 0.491 e. The van der Waals surface area contributed by atoms with E-state index >= 15 is 0 Å². The second kappa shape index (κ2) is 7.67. The van der Waals surface area contributed by atoms with Crippen LogP contribution < -0.4 is 10.1 Å². The van der Waals surface area contributed by atoms with E-state index in [1.165, 1.54) is 6.08 Å². The number of amides is 2. The van der Waals surface area contributed by atoms with Crippen LogP contribution in [0.4, 0.5) is 0 Å². The van der Waals surface area contributed by atoms with Gasteiger partial charge in [0.05, 0.1) is 18.4 Å². The molecule has 0 spiro atoms. The van der Waals surface area contributed by atoms with Crippen molar-refractivity contribution in [3.63, 3.8) is 0 Å². The van der Waals surface area contributed by atoms with E-state index in [0.29, 0.717) is 28.9 Å². The van der Waals surface area contributed by atoms with Crippen LogP contribution in [0.3, 0.4) is 0 Å². The number of imide groups is 1. The van der Waals surface area contributed by atoms with Crippen molar-refractivity contribution in [3.05, 3.63) is 64.3 Å². The number of Topliss-reactive ketones (excluding diaryl/α,β-unsaturated/α-hetero) is 1. The van der Waals surface area contributed by atoms with Crippen molar-refractivity contribution in [3.8, 4) is 5.75 Å². The van der Waals surface area contributed by atoms with Crippen molar-refractivity contribution in [1.82, 2.24) is 5.32 Å². The zero-order chi connectivity index (χ0) is 22.6. The van der Waals surface area contributed by atoms with Crippen LogP contribution in [0.5, 0.6) is 5.75 Å². The van der Waals surface area contributed by atoms with Crippen LogP contribution in [-0.4, -0.2) is 41.7 Å². The van der Waals surface area contributed by atoms with Crippen LogP contribution in [-0.2, 0) is 19.2 Å². The second-order valence-corrected chi connectivity index (χ2v) is 8.72. The third-order valence-electron chi connectivity index (χ3n) is 6.98. The lowest BCUT2D eigenvalue weighted by Crippen LogP contribution is -2.39. The Labute approximate surface area is 184 Å². The van der Waals surface area contributed by atoms with Crippen molar-refractivity contribution in [1.29, 1.82) is 0 Å². The molecule has 7 nitrogen and oxygen atoms in total. The highest BCUT2D eigenvalue weighted by atomic mass is 16.5. The Morgan fingerprint density at radius 1 is 1.06 bits per heavy atom. The maximum atomic E-state index is 13.2. The molecule has 2 amide bonds. The zero-order valence-electron chi connectivity index (χ0n) is 17.6. The van der Waals surface area contributed by atoms with Crippen molar-refractivity contribution in [2.45, 2.75) is 25.7 Å². The highest BCUT2D eigenvalue weighted by Crippen LogP contribution is 2.54. The summed E-state index contributed by atoms with van der Waals surface area (Å²) in [7, 11) is 0. The number of aliphatic hydroxyl groups is 1. The van der Waals surface area contributed by atoms with Gasteiger partial charge in [0, 0.05) is 22.6 Å². The number of aliphatic hydroxyl groups excluding tert-OH is 1. The molecule has 0 radical (unpaired) electrons. The number of hydrogen-bond donors (Lipinski definition) is 2. The fraction of sp³-hybridized carbons (Fsp3) is 0.360. The lowest BCUT2D eigenvalue weighted by molar-refractivity contribution is -0.126. The highest BCUT2D eigenvalue weighted by Gasteiger charge is 2.53. The molecular weight excluding hydrogens is 410 g/mol. The van der Waals surface area contributed by atoms with Gasteiger partial charge in [0.25, 0.3) is 0 Å². The molecule has 4 unspecified atom stereocenters. The van der Waals surface area contributed by atoms with E-state index in [9.17, 15) is 19.2 Å². The number of benzene rings is 1. The van der Waals surface area contributed by atoms with Crippen LogP contribution in [0.2, 0.25) is 0 Å². The normalized spacial score (nSPS) is 29.1. The number of ketones is 2. The maximum Gasteiger partial charge on any atom is 0.231 e. The number of carbonyl (C=O) groups excluding carboxylic acids is 4. The van der Waals surface area contributed by atoms with Gasteiger partial charge in [0.2, 0.25) is 11.8 Å². The predicted octanol–water partition coefficient (Wildman–Crippen LogP) is 1.77. The van der Waals surface area contributed by atoms with Crippen molar-refractivity contribution in [2.75, 3.05) is 13.2 Å². The lowest BCUT2D eigenvalue weighted by Gasteiger charge is -2.42. The standard InChI is InChI=1S/C25H23NO6/c1-12-10-19(28)18-11-17-15(6-7-16-21(17)25(31)26-24(16)30)20(22(18)23(12)29)13-2-4-14(5-3-13)32-9-8-27/h2-6,10,16-17,20-21,27H,7-9,11H2,1H3,(H,26,30,31). The molecule has 0 saturated carbocycles. The molecule has 0 bridgehead atoms. The van der Waals surface area contributed by atoms with Crippen LogP contribution in [0.1, 0.15) is 31.2 Å². The van der Waals surface area contributed by atoms with Gasteiger partial charge in [0.15, 0.2) is 11.6 Å². The summed E-state index contributed by atoms with van der Waals surface area (Å²) in [5.41, 5.74) is 3.08. The fourth-order valence-electron chi connectivity index (χ4n) is 5.57. The molecule has 5 rings (SSSR count). The van der Waals surface area contributed by atoms with E-state index in [0.717, 1.165) is 11.1 Å². The van der Waals surface area contributed by atoms with Gasteiger partial charge in [-0.05, 0) is 49.5 Å². The van der Waals surface area contributed by atoms with Crippen LogP contribution in [0.15, 0.2) is 58.7 Å². The molecule has 7 heteroatoms. The summed E-state index contributed by atoms with van der Waals surface area (Å²) < 4.78 is 5.45. The smallest absolute Gasteiger partial charge is 0.231 e. The number of carbonyl (C=O) groups is 4. The third kappa shape index (κ3) is 3.07. The van der Waals surface area contributed by atoms with Gasteiger partial charge >= 0.3 is 0 Å². The molecule has 1 saturated heterocycles. The third-order valence-corrected chi connectivity index (χ3v) is 6.98. The molecule has 1 heterocycles. The van der Waals surface area contributed by atoms with Gasteiger partial charge < -0.3 is 9.84 Å². The average molecular weight is 433 g/mol. The van der Waals surface area contributed by atoms with Gasteiger partial charge in [-0.15, -0.1) is 0 Å². The first-order chi connectivity index (χ1) is 15.4. The van der Waals surface area contributed by atoms with Crippen molar-refractivity contribution < 1.29 is 29.0 Å². The number of nitrogens with one attached hydrogen (secondary N) is 1. The molecule has 3 aliphatic carbocycles. The highest BCUT2D eigenvalue weighted by molar-refractivity contribution is 6.23. The Kier molecular flexibility index (Phi) is 4.93. The average Bonchev–Trinajstić information content (AvgIpc) is 3.09. The number of fused-ring (bicyclic) bond motifs is 3. The molecule has 4 aliphatic rings. The lowest BCUT2D eigenvalue weighted by atomic mass is 9.59. The SMILES string of the molecule is CC1=CC(=O)C2=C(C1=O)C(c1ccc(OCCO)cc1)C1=CCC3C(=O)NC(=O)C3C1C2. The summed E-state index contributed by atoms with van der Waals surface area (Å²) in [5.74, 6) is -2.05. The first kappa shape index (κ1) is 20.6. The Morgan fingerprint density at radius 3 is 2.53 bits per heavy atom. The van der Waals surface area contributed by atoms with Gasteiger partial charge in [0.1, 0.15) is 12.4 Å². The molecule has 0 aromatic heterocycles. The molecule has 4 atom stereocenters. The van der Waals surface area contributed by atoms with E-state index in [1.807, 2.05) is 18.2 Å². The number of ether oxygens (including phenoxy) is 1. The maximum absolute atomic E-state index is 13.2. The minimum Gasteiger partial charge on any atom is -0.491 e. The molecule has 1 aromatic rings. The van der Waals surface area contributed by atoms with Crippen molar-refractivity contribution in [2.24, 2.45) is 17.8 Å². The first-order valence-corrected chi connectivity index (χ1v) is 10.8. The van der Waals surface area contributed by atoms with Gasteiger partial charge in [-0.1, -0.05) is 23.8 Å². The van der Waals surface area contributed by atoms with E-state index in [2.05, 4.69) is 5.32 Å². The van der Waals surface area contributed by atoms with Crippen LogP contribution in [0.25, 0.3) is 0 Å². The number of allylic oxidation sites excluding steroid dienone is 6. The Bertz CT molecular complexity index is 1140. The Morgan fingerprint density at radius 2 is 1.81 bits per heavy atom. The van der Waals surface area contributed by atoms with Gasteiger partial charge in [-0.25, -0.2) is 0 Å². The van der Waals surface area contributed by atoms with Gasteiger partial charge in [-0.2, -0.15) is 0 Å². The second-order valence-electron chi connectivity index (χ2n) is 8.72. The first-order valence-electron chi connectivity index (χ1n) is 10.8. The molecule has 2 N–H and O–H groups in total. The van der Waals surface area contributed by atoms with Crippen LogP contribution >= 0.6 is 0 Å². The summed E-state index contributed by atoms with van der Waals surface area (Å²) in [4.78, 5) is 51.1. The molecule has 1 aromatic carbocycles. The van der Waals surface area contributed by atoms with E-state index < -0.39 is 17.8 Å². The topological polar surface area (TPSA) is 110 Å². The molecule has 1 fully saturated rings. The number of hydrogen-bond acceptors (Lipinski definition) is 6. The Balaban J connectivity index is 1.63. The summed E-state index contributed by atoms with van der Waals surface area (Å²) in [5, 5.41) is 11.4. The number of rotatable bonds is 4. The monoisotopic (exact) mass is 433 g/mol. The van der Waals surface area contributed by atoms with Crippen molar-refractivity contribution >= 4 is 23.4 Å². The van der Waals surface area contributed by atoms with Gasteiger partial charge in [-0.3, -0.25) is 24.5 Å². The predicted molar refractivity (Wildman–Crippen MR) is 113 cm³/mol. The summed E-state index contributed by atoms with van der Waals surface area (Å²) in [6.45, 7) is 1.72. The van der Waals surface area contributed by atoms with E-state index in [4.69, 9.17) is 9.84 Å². The zero-order valence-corrected chi connectivity index (χ0v) is 17.6. The van der Waals surface area contributed by atoms with E-state index in [-0.39, 0.29) is 48.9 Å². The Hall–Kier alpha value is -3.32. The molecule has 1 aliphatic heterocycles. The summed E-state index contributed by atoms with van der Waals surface area (Å²) in [6.07, 6.45) is 4.08. The molecule has 164 valence electrons.